The summed E-state index contributed by atoms with van der Waals surface area (Å²) in [5, 5.41) is 0.105. The molecule has 3 fully saturated rings. The fourth-order valence-electron chi connectivity index (χ4n) is 6.23. The molecule has 0 amide bonds. The molecule has 1 unspecified atom stereocenters. The van der Waals surface area contributed by atoms with Crippen LogP contribution in [0.4, 0.5) is 0 Å². The number of methoxy groups -OCH3 is 1. The Hall–Kier alpha value is -0.853. The van der Waals surface area contributed by atoms with Crippen LogP contribution in [0.25, 0.3) is 5.53 Å². The summed E-state index contributed by atoms with van der Waals surface area (Å²) in [5.74, 6) is -0.0310. The number of carbonyl (C=O) groups is 1. The minimum absolute atomic E-state index is 0.0286. The molecule has 0 heterocycles. The number of ketones is 1. The van der Waals surface area contributed by atoms with Crippen LogP contribution >= 0.6 is 0 Å². The van der Waals surface area contributed by atoms with Crippen molar-refractivity contribution in [1.82, 2.24) is 0 Å². The molecule has 3 aliphatic carbocycles. The maximum absolute atomic E-state index is 12.9. The van der Waals surface area contributed by atoms with Gasteiger partial charge >= 0.3 is 5.71 Å². The zero-order chi connectivity index (χ0) is 21.9. The first-order valence-electron chi connectivity index (χ1n) is 10.8. The fourth-order valence-corrected chi connectivity index (χ4v) is 7.64. The average Bonchev–Trinajstić information content (AvgIpc) is 3.00. The third-order valence-electron chi connectivity index (χ3n) is 9.01. The highest BCUT2D eigenvalue weighted by Gasteiger charge is 2.77. The van der Waals surface area contributed by atoms with Crippen LogP contribution in [0, 0.1) is 16.2 Å². The van der Waals surface area contributed by atoms with Crippen molar-refractivity contribution in [2.24, 2.45) is 16.2 Å². The van der Waals surface area contributed by atoms with Crippen LogP contribution in [0.3, 0.4) is 0 Å². The molecule has 0 saturated heterocycles. The first kappa shape index (κ1) is 22.8. The molecule has 3 rings (SSSR count). The predicted molar refractivity (Wildman–Crippen MR) is 114 cm³/mol. The van der Waals surface area contributed by atoms with Gasteiger partial charge in [0.1, 0.15) is 6.79 Å². The summed E-state index contributed by atoms with van der Waals surface area (Å²) < 4.78 is 18.4. The topological polar surface area (TPSA) is 81.2 Å². The van der Waals surface area contributed by atoms with E-state index in [4.69, 9.17) is 13.9 Å². The molecule has 0 aromatic rings. The van der Waals surface area contributed by atoms with E-state index in [9.17, 15) is 10.3 Å². The molecule has 0 aromatic carbocycles. The van der Waals surface area contributed by atoms with E-state index in [-0.39, 0.29) is 46.1 Å². The molecule has 0 N–H and O–H groups in total. The Morgan fingerprint density at radius 3 is 2.41 bits per heavy atom. The highest BCUT2D eigenvalue weighted by Crippen LogP contribution is 2.75. The summed E-state index contributed by atoms with van der Waals surface area (Å²) in [5.41, 5.74) is 9.20. The van der Waals surface area contributed by atoms with Crippen molar-refractivity contribution in [3.8, 4) is 0 Å². The maximum Gasteiger partial charge on any atom is 0.335 e. The van der Waals surface area contributed by atoms with Gasteiger partial charge in [-0.25, -0.2) is 0 Å². The molecule has 29 heavy (non-hydrogen) atoms. The Bertz CT molecular complexity index is 738. The zero-order valence-electron chi connectivity index (χ0n) is 19.4. The Morgan fingerprint density at radius 2 is 1.86 bits per heavy atom. The molecular formula is C22H38N2O4Si. The van der Waals surface area contributed by atoms with E-state index in [1.807, 2.05) is 0 Å². The summed E-state index contributed by atoms with van der Waals surface area (Å²) in [6.07, 6.45) is 3.58. The highest BCUT2D eigenvalue weighted by molar-refractivity contribution is 6.74. The third-order valence-corrected chi connectivity index (χ3v) is 13.5. The SMILES string of the molecule is COCOC1C[C@@]23CC(=[N+]=[N-])C(=O)C[C@@]2(CC[C@H]3O[Si](C)(C)C(C)(C)C)C1(C)C. The number of nitrogens with zero attached hydrogens (tertiary/aromatic N) is 2. The van der Waals surface area contributed by atoms with E-state index in [1.54, 1.807) is 7.11 Å². The first-order chi connectivity index (χ1) is 13.3. The monoisotopic (exact) mass is 422 g/mol. The van der Waals surface area contributed by atoms with Crippen LogP contribution in [0.2, 0.25) is 18.1 Å². The lowest BCUT2D eigenvalue weighted by Gasteiger charge is -2.52. The van der Waals surface area contributed by atoms with Crippen molar-refractivity contribution in [2.45, 2.75) is 97.1 Å². The van der Waals surface area contributed by atoms with E-state index >= 15 is 0 Å². The molecule has 7 heteroatoms. The molecule has 0 bridgehead atoms. The summed E-state index contributed by atoms with van der Waals surface area (Å²) in [7, 11) is -0.376. The Kier molecular flexibility index (Phi) is 5.58. The molecule has 4 atom stereocenters. The molecule has 0 aromatic heterocycles. The van der Waals surface area contributed by atoms with E-state index in [1.165, 1.54) is 0 Å². The van der Waals surface area contributed by atoms with Gasteiger partial charge in [0.15, 0.2) is 8.32 Å². The lowest BCUT2D eigenvalue weighted by atomic mass is 9.52. The number of rotatable bonds is 5. The van der Waals surface area contributed by atoms with Crippen LogP contribution in [0.5, 0.6) is 0 Å². The highest BCUT2D eigenvalue weighted by atomic mass is 28.4. The lowest BCUT2D eigenvalue weighted by Crippen LogP contribution is -2.56. The van der Waals surface area contributed by atoms with Crippen molar-refractivity contribution < 1.29 is 23.5 Å². The number of hydrogen-bond donors (Lipinski definition) is 0. The third kappa shape index (κ3) is 3.12. The van der Waals surface area contributed by atoms with E-state index in [2.05, 4.69) is 52.5 Å². The smallest absolute Gasteiger partial charge is 0.335 e. The lowest BCUT2D eigenvalue weighted by molar-refractivity contribution is -0.139. The number of hydrogen-bond acceptors (Lipinski definition) is 4. The van der Waals surface area contributed by atoms with Crippen LogP contribution < -0.4 is 0 Å². The van der Waals surface area contributed by atoms with Crippen molar-refractivity contribution in [2.75, 3.05) is 13.9 Å². The van der Waals surface area contributed by atoms with Crippen molar-refractivity contribution in [1.29, 1.82) is 0 Å². The van der Waals surface area contributed by atoms with Crippen molar-refractivity contribution >= 4 is 19.8 Å². The Labute approximate surface area is 176 Å². The van der Waals surface area contributed by atoms with Crippen molar-refractivity contribution in [3.05, 3.63) is 5.53 Å². The number of ether oxygens (including phenoxy) is 2. The van der Waals surface area contributed by atoms with Gasteiger partial charge in [-0.05, 0) is 48.2 Å². The van der Waals surface area contributed by atoms with Gasteiger partial charge in [-0.15, -0.1) is 0 Å². The second kappa shape index (κ2) is 7.09. The Morgan fingerprint density at radius 1 is 1.21 bits per heavy atom. The van der Waals surface area contributed by atoms with E-state index in [0.717, 1.165) is 19.3 Å². The second-order valence-electron chi connectivity index (χ2n) is 11.5. The number of carbonyl (C=O) groups excluding carboxylic acids is 1. The van der Waals surface area contributed by atoms with Crippen LogP contribution in [0.15, 0.2) is 0 Å². The molecule has 0 radical (unpaired) electrons. The maximum atomic E-state index is 12.9. The predicted octanol–water partition coefficient (Wildman–Crippen LogP) is 4.60. The molecule has 6 nitrogen and oxygen atoms in total. The second-order valence-corrected chi connectivity index (χ2v) is 16.2. The largest absolute Gasteiger partial charge is 0.413 e. The molecular weight excluding hydrogens is 384 g/mol. The molecule has 0 aliphatic heterocycles. The minimum atomic E-state index is -2.01. The summed E-state index contributed by atoms with van der Waals surface area (Å²) in [6, 6.07) is 0. The van der Waals surface area contributed by atoms with Gasteiger partial charge < -0.3 is 19.4 Å². The number of Topliss-reactive ketones (excluding diaryl/α,β-unsaturated/α-hetero) is 1. The fraction of sp³-hybridized carbons (Fsp3) is 0.909. The average molecular weight is 423 g/mol. The van der Waals surface area contributed by atoms with Gasteiger partial charge in [0.05, 0.1) is 18.6 Å². The van der Waals surface area contributed by atoms with Gasteiger partial charge in [0, 0.05) is 18.9 Å². The van der Waals surface area contributed by atoms with E-state index in [0.29, 0.717) is 18.6 Å². The van der Waals surface area contributed by atoms with Gasteiger partial charge in [0.2, 0.25) is 5.78 Å². The van der Waals surface area contributed by atoms with Crippen molar-refractivity contribution in [3.63, 3.8) is 0 Å². The van der Waals surface area contributed by atoms with Gasteiger partial charge in [-0.2, -0.15) is 4.79 Å². The van der Waals surface area contributed by atoms with Gasteiger partial charge in [-0.1, -0.05) is 34.6 Å². The van der Waals surface area contributed by atoms with Crippen LogP contribution in [-0.4, -0.2) is 50.7 Å². The van der Waals surface area contributed by atoms with E-state index < -0.39 is 8.32 Å². The van der Waals surface area contributed by atoms with Gasteiger partial charge in [-0.3, -0.25) is 4.79 Å². The molecule has 164 valence electrons. The molecule has 3 aliphatic rings. The van der Waals surface area contributed by atoms with Crippen LogP contribution in [-0.2, 0) is 18.7 Å². The normalized spacial score (nSPS) is 36.7. The summed E-state index contributed by atoms with van der Waals surface area (Å²) >= 11 is 0. The Balaban J connectivity index is 2.08. The quantitative estimate of drug-likeness (QED) is 0.281. The minimum Gasteiger partial charge on any atom is -0.413 e. The van der Waals surface area contributed by atoms with Crippen LogP contribution in [0.1, 0.15) is 66.7 Å². The summed E-state index contributed by atoms with van der Waals surface area (Å²) in [6.45, 7) is 16.1. The standard InChI is InChI=1S/C22H38N2O4Si/c1-19(2,3)29(7,8)28-17-9-10-22-12-16(25)15(24-23)11-21(17,22)13-18(20(22,4)5)27-14-26-6/h17-18H,9-14H2,1-8H3/t17-,18?,21-,22+/m1/s1. The summed E-state index contributed by atoms with van der Waals surface area (Å²) in [4.78, 5) is 16.3. The first-order valence-corrected chi connectivity index (χ1v) is 13.7. The van der Waals surface area contributed by atoms with Gasteiger partial charge in [0.25, 0.3) is 0 Å². The zero-order valence-corrected chi connectivity index (χ0v) is 20.4. The molecule has 0 spiro atoms. The molecule has 3 saturated carbocycles.